The van der Waals surface area contributed by atoms with Gasteiger partial charge < -0.3 is 9.88 Å². The molecule has 2 heterocycles. The summed E-state index contributed by atoms with van der Waals surface area (Å²) in [5.41, 5.74) is 6.43. The Hall–Kier alpha value is -3.18. The number of aromatic amines is 1. The maximum atomic E-state index is 13.7. The van der Waals surface area contributed by atoms with Gasteiger partial charge in [0, 0.05) is 49.3 Å². The second kappa shape index (κ2) is 7.68. The van der Waals surface area contributed by atoms with Crippen LogP contribution in [0.2, 0.25) is 0 Å². The first-order valence-electron chi connectivity index (χ1n) is 10.2. The van der Waals surface area contributed by atoms with E-state index in [1.165, 1.54) is 11.1 Å². The van der Waals surface area contributed by atoms with E-state index >= 15 is 0 Å². The van der Waals surface area contributed by atoms with Gasteiger partial charge in [0.05, 0.1) is 6.33 Å². The van der Waals surface area contributed by atoms with Crippen LogP contribution >= 0.6 is 0 Å². The summed E-state index contributed by atoms with van der Waals surface area (Å²) >= 11 is 0. The fourth-order valence-electron chi connectivity index (χ4n) is 4.35. The minimum absolute atomic E-state index is 0.0873. The van der Waals surface area contributed by atoms with Gasteiger partial charge in [-0.2, -0.15) is 0 Å². The van der Waals surface area contributed by atoms with E-state index in [1.54, 1.807) is 6.33 Å². The lowest BCUT2D eigenvalue weighted by atomic mass is 9.92. The highest BCUT2D eigenvalue weighted by atomic mass is 16.2. The average Bonchev–Trinajstić information content (AvgIpc) is 3.20. The number of amides is 1. The number of rotatable bonds is 3. The molecule has 0 spiro atoms. The molecule has 5 heteroatoms. The minimum Gasteiger partial charge on any atom is -0.347 e. The predicted octanol–water partition coefficient (Wildman–Crippen LogP) is 4.03. The number of hydrogen-bond donors (Lipinski definition) is 1. The third-order valence-corrected chi connectivity index (χ3v) is 5.80. The van der Waals surface area contributed by atoms with E-state index in [0.29, 0.717) is 6.54 Å². The molecule has 5 rings (SSSR count). The Labute approximate surface area is 170 Å². The number of aryl methyl sites for hydroxylation is 1. The molecule has 1 aliphatic carbocycles. The number of benzene rings is 2. The van der Waals surface area contributed by atoms with Crippen LogP contribution in [0.25, 0.3) is 6.08 Å². The summed E-state index contributed by atoms with van der Waals surface area (Å²) in [5, 5.41) is 0. The maximum absolute atomic E-state index is 13.7. The summed E-state index contributed by atoms with van der Waals surface area (Å²) in [6.45, 7) is 3.08. The van der Waals surface area contributed by atoms with Crippen molar-refractivity contribution in [1.29, 1.82) is 0 Å². The van der Waals surface area contributed by atoms with Gasteiger partial charge in [0.1, 0.15) is 0 Å². The molecule has 0 saturated carbocycles. The molecule has 1 amide bonds. The number of nitrogens with one attached hydrogen (secondary N) is 1. The fraction of sp³-hybridized carbons (Fsp3) is 0.250. The largest absolute Gasteiger partial charge is 0.347 e. The lowest BCUT2D eigenvalue weighted by Crippen LogP contribution is -2.36. The van der Waals surface area contributed by atoms with E-state index in [0.717, 1.165) is 55.0 Å². The number of imidazole rings is 1. The van der Waals surface area contributed by atoms with Crippen molar-refractivity contribution in [3.8, 4) is 0 Å². The van der Waals surface area contributed by atoms with E-state index in [1.807, 2.05) is 35.4 Å². The van der Waals surface area contributed by atoms with Gasteiger partial charge >= 0.3 is 0 Å². The molecule has 0 fully saturated rings. The molecule has 2 aromatic carbocycles. The average molecular weight is 384 g/mol. The zero-order chi connectivity index (χ0) is 19.6. The molecular weight excluding hydrogens is 360 g/mol. The molecule has 29 heavy (non-hydrogen) atoms. The summed E-state index contributed by atoms with van der Waals surface area (Å²) in [5.74, 6) is 0.0873. The smallest absolute Gasteiger partial charge is 0.258 e. The van der Waals surface area contributed by atoms with Gasteiger partial charge in [0.15, 0.2) is 0 Å². The van der Waals surface area contributed by atoms with Crippen molar-refractivity contribution < 1.29 is 4.79 Å². The lowest BCUT2D eigenvalue weighted by Gasteiger charge is -2.25. The van der Waals surface area contributed by atoms with Crippen LogP contribution in [-0.2, 0) is 19.5 Å². The standard InChI is InChI=1S/C24H24N4O/c29-24(22-10-5-8-18-6-1-3-9-21(18)22)28-13-12-27(16-20-14-25-17-26-20)15-19-7-2-4-11-23(19)28/h2-5,7-11,14,17H,1,6,12-13,15-16H2,(H,25,26). The van der Waals surface area contributed by atoms with Crippen LogP contribution in [-0.4, -0.2) is 33.9 Å². The molecule has 0 unspecified atom stereocenters. The number of allylic oxidation sites excluding steroid dienone is 1. The number of hydrogen-bond acceptors (Lipinski definition) is 3. The van der Waals surface area contributed by atoms with E-state index in [-0.39, 0.29) is 5.91 Å². The molecule has 0 radical (unpaired) electrons. The topological polar surface area (TPSA) is 52.2 Å². The van der Waals surface area contributed by atoms with Gasteiger partial charge in [-0.3, -0.25) is 9.69 Å². The predicted molar refractivity (Wildman–Crippen MR) is 115 cm³/mol. The number of para-hydroxylation sites is 1. The number of H-pyrrole nitrogens is 1. The number of nitrogens with zero attached hydrogens (tertiary/aromatic N) is 3. The van der Waals surface area contributed by atoms with Crippen molar-refractivity contribution in [2.45, 2.75) is 25.9 Å². The fourth-order valence-corrected chi connectivity index (χ4v) is 4.35. The third kappa shape index (κ3) is 3.49. The molecule has 1 N–H and O–H groups in total. The van der Waals surface area contributed by atoms with Crippen LogP contribution < -0.4 is 4.90 Å². The van der Waals surface area contributed by atoms with Gasteiger partial charge in [0.25, 0.3) is 5.91 Å². The highest BCUT2D eigenvalue weighted by molar-refractivity contribution is 6.09. The summed E-state index contributed by atoms with van der Waals surface area (Å²) in [4.78, 5) is 25.3. The van der Waals surface area contributed by atoms with Gasteiger partial charge in [0.2, 0.25) is 0 Å². The summed E-state index contributed by atoms with van der Waals surface area (Å²) in [7, 11) is 0. The third-order valence-electron chi connectivity index (χ3n) is 5.80. The first kappa shape index (κ1) is 17.9. The normalized spacial score (nSPS) is 16.2. The Balaban J connectivity index is 1.48. The molecule has 0 atom stereocenters. The Kier molecular flexibility index (Phi) is 4.74. The van der Waals surface area contributed by atoms with Crippen LogP contribution in [0, 0.1) is 0 Å². The zero-order valence-corrected chi connectivity index (χ0v) is 16.3. The minimum atomic E-state index is 0.0873. The van der Waals surface area contributed by atoms with Crippen molar-refractivity contribution >= 4 is 17.7 Å². The van der Waals surface area contributed by atoms with Gasteiger partial charge in [-0.1, -0.05) is 42.5 Å². The summed E-state index contributed by atoms with van der Waals surface area (Å²) in [6.07, 6.45) is 9.90. The summed E-state index contributed by atoms with van der Waals surface area (Å²) in [6, 6.07) is 14.4. The molecule has 1 aromatic heterocycles. The molecule has 5 nitrogen and oxygen atoms in total. The van der Waals surface area contributed by atoms with Crippen molar-refractivity contribution in [2.24, 2.45) is 0 Å². The van der Waals surface area contributed by atoms with Crippen LogP contribution in [0.1, 0.15) is 39.2 Å². The number of anilines is 1. The second-order valence-electron chi connectivity index (χ2n) is 7.69. The van der Waals surface area contributed by atoms with E-state index in [9.17, 15) is 4.79 Å². The lowest BCUT2D eigenvalue weighted by molar-refractivity contribution is 0.0984. The van der Waals surface area contributed by atoms with Crippen LogP contribution in [0.15, 0.2) is 61.1 Å². The first-order valence-corrected chi connectivity index (χ1v) is 10.2. The van der Waals surface area contributed by atoms with E-state index in [2.05, 4.69) is 45.2 Å². The molecule has 1 aliphatic heterocycles. The highest BCUT2D eigenvalue weighted by Gasteiger charge is 2.27. The molecular formula is C24H24N4O. The van der Waals surface area contributed by atoms with Crippen molar-refractivity contribution in [3.05, 3.63) is 89.0 Å². The van der Waals surface area contributed by atoms with Crippen LogP contribution in [0.4, 0.5) is 5.69 Å². The van der Waals surface area contributed by atoms with Gasteiger partial charge in [-0.15, -0.1) is 0 Å². The van der Waals surface area contributed by atoms with Crippen LogP contribution in [0.5, 0.6) is 0 Å². The Morgan fingerprint density at radius 3 is 2.86 bits per heavy atom. The number of fused-ring (bicyclic) bond motifs is 2. The van der Waals surface area contributed by atoms with Crippen molar-refractivity contribution in [3.63, 3.8) is 0 Å². The monoisotopic (exact) mass is 384 g/mol. The number of carbonyl (C=O) groups excluding carboxylic acids is 1. The maximum Gasteiger partial charge on any atom is 0.258 e. The summed E-state index contributed by atoms with van der Waals surface area (Å²) < 4.78 is 0. The van der Waals surface area contributed by atoms with Crippen molar-refractivity contribution in [1.82, 2.24) is 14.9 Å². The van der Waals surface area contributed by atoms with Gasteiger partial charge in [-0.25, -0.2) is 4.98 Å². The van der Waals surface area contributed by atoms with E-state index in [4.69, 9.17) is 0 Å². The quantitative estimate of drug-likeness (QED) is 0.742. The highest BCUT2D eigenvalue weighted by Crippen LogP contribution is 2.30. The second-order valence-corrected chi connectivity index (χ2v) is 7.69. The number of aromatic nitrogens is 2. The molecule has 2 aliphatic rings. The Morgan fingerprint density at radius 2 is 1.97 bits per heavy atom. The van der Waals surface area contributed by atoms with E-state index < -0.39 is 0 Å². The molecule has 146 valence electrons. The number of carbonyl (C=O) groups is 1. The van der Waals surface area contributed by atoms with Crippen molar-refractivity contribution in [2.75, 3.05) is 18.0 Å². The molecule has 3 aromatic rings. The zero-order valence-electron chi connectivity index (χ0n) is 16.3. The SMILES string of the molecule is O=C(c1cccc2c1C=CCC2)N1CCN(Cc2cnc[nH]2)Cc2ccccc21. The Morgan fingerprint density at radius 1 is 1.07 bits per heavy atom. The molecule has 0 saturated heterocycles. The van der Waals surface area contributed by atoms with Crippen LogP contribution in [0.3, 0.4) is 0 Å². The van der Waals surface area contributed by atoms with Gasteiger partial charge in [-0.05, 0) is 41.7 Å². The Bertz CT molecular complexity index is 1050. The first-order chi connectivity index (χ1) is 14.3. The molecule has 0 bridgehead atoms.